The number of benzene rings is 6. The number of hydrogen-bond donors (Lipinski definition) is 1. The third-order valence-electron chi connectivity index (χ3n) is 10.7. The van der Waals surface area contributed by atoms with Gasteiger partial charge in [0, 0.05) is 41.8 Å². The molecular formula is C44H48N2O2-2. The highest BCUT2D eigenvalue weighted by Crippen LogP contribution is 2.50. The van der Waals surface area contributed by atoms with Crippen molar-refractivity contribution < 1.29 is 10.2 Å². The highest BCUT2D eigenvalue weighted by molar-refractivity contribution is 6.07. The van der Waals surface area contributed by atoms with Gasteiger partial charge in [-0.2, -0.15) is 0 Å². The van der Waals surface area contributed by atoms with Gasteiger partial charge in [-0.1, -0.05) is 100 Å². The van der Waals surface area contributed by atoms with Crippen molar-refractivity contribution in [1.29, 1.82) is 0 Å². The molecule has 1 N–H and O–H groups in total. The summed E-state index contributed by atoms with van der Waals surface area (Å²) < 4.78 is 0. The van der Waals surface area contributed by atoms with Crippen molar-refractivity contribution in [3.63, 3.8) is 0 Å². The van der Waals surface area contributed by atoms with E-state index >= 15 is 0 Å². The highest BCUT2D eigenvalue weighted by Gasteiger charge is 2.40. The van der Waals surface area contributed by atoms with Crippen molar-refractivity contribution >= 4 is 54.5 Å². The molecule has 0 bridgehead atoms. The van der Waals surface area contributed by atoms with Crippen LogP contribution in [0.25, 0.3) is 43.1 Å². The van der Waals surface area contributed by atoms with E-state index in [4.69, 9.17) is 0 Å². The Morgan fingerprint density at radius 3 is 1.50 bits per heavy atom. The first-order chi connectivity index (χ1) is 23.5. The molecule has 1 saturated carbocycles. The van der Waals surface area contributed by atoms with E-state index in [0.29, 0.717) is 0 Å². The molecule has 0 aliphatic heterocycles. The van der Waals surface area contributed by atoms with Gasteiger partial charge < -0.3 is 20.4 Å². The van der Waals surface area contributed by atoms with Gasteiger partial charge in [-0.25, -0.2) is 0 Å². The van der Waals surface area contributed by atoms with Gasteiger partial charge in [-0.05, 0) is 111 Å². The van der Waals surface area contributed by atoms with E-state index in [2.05, 4.69) is 116 Å². The molecule has 248 valence electrons. The molecule has 4 heteroatoms. The van der Waals surface area contributed by atoms with Gasteiger partial charge in [0.15, 0.2) is 0 Å². The summed E-state index contributed by atoms with van der Waals surface area (Å²) in [6.07, 6.45) is 5.08. The molecule has 0 amide bonds. The maximum absolute atomic E-state index is 14.4. The van der Waals surface area contributed by atoms with Crippen LogP contribution in [-0.4, -0.2) is 31.8 Å². The lowest BCUT2D eigenvalue weighted by molar-refractivity contribution is -0.535. The molecule has 0 radical (unpaired) electrons. The van der Waals surface area contributed by atoms with Crippen molar-refractivity contribution in [1.82, 2.24) is 0 Å². The minimum atomic E-state index is -1.02. The van der Waals surface area contributed by atoms with Crippen molar-refractivity contribution in [2.24, 2.45) is 0 Å². The minimum Gasteiger partial charge on any atom is -0.851 e. The van der Waals surface area contributed by atoms with Crippen LogP contribution in [0, 0.1) is 0 Å². The Labute approximate surface area is 285 Å². The zero-order valence-electron chi connectivity index (χ0n) is 28.7. The SMILES string of the molecule is CCCCCN(CCCCC)c1ccc(C2C([O-])C(c3ccc(NCC)c4cc5ccccc5cc34)C2[O-])c2cc3ccccc3cc12. The quantitative estimate of drug-likeness (QED) is 0.101. The number of fused-ring (bicyclic) bond motifs is 4. The van der Waals surface area contributed by atoms with Crippen LogP contribution in [-0.2, 0) is 0 Å². The minimum absolute atomic E-state index is 0.592. The second kappa shape index (κ2) is 14.2. The van der Waals surface area contributed by atoms with E-state index in [-0.39, 0.29) is 0 Å². The molecule has 0 spiro atoms. The summed E-state index contributed by atoms with van der Waals surface area (Å²) in [6.45, 7) is 9.43. The van der Waals surface area contributed by atoms with E-state index in [1.54, 1.807) is 0 Å². The molecule has 1 aliphatic carbocycles. The number of nitrogens with one attached hydrogen (secondary N) is 1. The van der Waals surface area contributed by atoms with Gasteiger partial charge >= 0.3 is 0 Å². The molecule has 6 aromatic carbocycles. The molecule has 48 heavy (non-hydrogen) atoms. The first kappa shape index (κ1) is 32.4. The Morgan fingerprint density at radius 1 is 0.542 bits per heavy atom. The first-order valence-electron chi connectivity index (χ1n) is 18.2. The standard InChI is InChI=1S/C44H48N2O2/c1-4-7-13-23-46(24-14-8-5-2)40-22-20-34(36-26-30-16-10-12-18-32(30)28-38(36)40)42-43(47)41(44(42)48)33-19-21-39(45-6-3)37-27-31-17-11-9-15-29(31)25-35(33)37/h9-12,15-22,25-28,41-45H,4-8,13-14,23-24H2,1-3H3/q-2. The zero-order chi connectivity index (χ0) is 33.2. The molecule has 0 aromatic heterocycles. The molecule has 2 atom stereocenters. The van der Waals surface area contributed by atoms with Gasteiger partial charge in [-0.15, -0.1) is 12.2 Å². The molecule has 1 aliphatic rings. The van der Waals surface area contributed by atoms with Gasteiger partial charge in [0.1, 0.15) is 0 Å². The molecule has 4 nitrogen and oxygen atoms in total. The Morgan fingerprint density at radius 2 is 1.00 bits per heavy atom. The van der Waals surface area contributed by atoms with Gasteiger partial charge in [0.2, 0.25) is 0 Å². The summed E-state index contributed by atoms with van der Waals surface area (Å²) in [4.78, 5) is 2.56. The van der Waals surface area contributed by atoms with Gasteiger partial charge in [-0.3, -0.25) is 0 Å². The van der Waals surface area contributed by atoms with E-state index < -0.39 is 24.0 Å². The predicted octanol–water partition coefficient (Wildman–Crippen LogP) is 9.26. The second-order valence-corrected chi connectivity index (χ2v) is 13.8. The molecule has 0 saturated heterocycles. The number of nitrogens with zero attached hydrogens (tertiary/aromatic N) is 1. The van der Waals surface area contributed by atoms with E-state index in [1.807, 2.05) is 12.1 Å². The fraction of sp³-hybridized carbons (Fsp3) is 0.364. The van der Waals surface area contributed by atoms with Crippen LogP contribution in [0.4, 0.5) is 11.4 Å². The molecule has 1 fully saturated rings. The fourth-order valence-electron chi connectivity index (χ4n) is 8.14. The lowest BCUT2D eigenvalue weighted by Crippen LogP contribution is -2.63. The number of rotatable bonds is 13. The fourth-order valence-corrected chi connectivity index (χ4v) is 8.14. The zero-order valence-corrected chi connectivity index (χ0v) is 28.7. The van der Waals surface area contributed by atoms with Crippen molar-refractivity contribution in [3.8, 4) is 0 Å². The number of anilines is 2. The topological polar surface area (TPSA) is 61.4 Å². The summed E-state index contributed by atoms with van der Waals surface area (Å²) in [5.74, 6) is -1.19. The molecule has 6 aromatic rings. The summed E-state index contributed by atoms with van der Waals surface area (Å²) in [5, 5.41) is 41.3. The maximum atomic E-state index is 14.4. The van der Waals surface area contributed by atoms with Crippen molar-refractivity contribution in [2.75, 3.05) is 29.9 Å². The van der Waals surface area contributed by atoms with Crippen molar-refractivity contribution in [2.45, 2.75) is 83.3 Å². The van der Waals surface area contributed by atoms with E-state index in [0.717, 1.165) is 87.0 Å². The molecule has 7 rings (SSSR count). The average molecular weight is 637 g/mol. The van der Waals surface area contributed by atoms with E-state index in [1.165, 1.54) is 36.8 Å². The Kier molecular flexibility index (Phi) is 9.57. The number of unbranched alkanes of at least 4 members (excludes halogenated alkanes) is 4. The summed E-state index contributed by atoms with van der Waals surface area (Å²) in [5.41, 5.74) is 4.07. The highest BCUT2D eigenvalue weighted by atomic mass is 16.3. The normalized spacial score (nSPS) is 19.3. The smallest absolute Gasteiger partial charge is 0.0446 e. The number of hydrogen-bond acceptors (Lipinski definition) is 4. The average Bonchev–Trinajstić information content (AvgIpc) is 3.11. The first-order valence-corrected chi connectivity index (χ1v) is 18.2. The van der Waals surface area contributed by atoms with E-state index in [9.17, 15) is 10.2 Å². The van der Waals surface area contributed by atoms with Crippen LogP contribution in [0.2, 0.25) is 0 Å². The maximum Gasteiger partial charge on any atom is 0.0446 e. The molecule has 0 heterocycles. The lowest BCUT2D eigenvalue weighted by Gasteiger charge is -2.62. The third kappa shape index (κ3) is 5.90. The second-order valence-electron chi connectivity index (χ2n) is 13.8. The Bertz CT molecular complexity index is 2030. The third-order valence-corrected chi connectivity index (χ3v) is 10.7. The largest absolute Gasteiger partial charge is 0.851 e. The van der Waals surface area contributed by atoms with Gasteiger partial charge in [0.05, 0.1) is 0 Å². The summed E-state index contributed by atoms with van der Waals surface area (Å²) in [7, 11) is 0. The van der Waals surface area contributed by atoms with Crippen LogP contribution < -0.4 is 20.4 Å². The van der Waals surface area contributed by atoms with Crippen LogP contribution in [0.1, 0.15) is 82.3 Å². The monoisotopic (exact) mass is 636 g/mol. The molecule has 2 unspecified atom stereocenters. The lowest BCUT2D eigenvalue weighted by atomic mass is 9.62. The van der Waals surface area contributed by atoms with Gasteiger partial charge in [0.25, 0.3) is 0 Å². The predicted molar refractivity (Wildman–Crippen MR) is 201 cm³/mol. The van der Waals surface area contributed by atoms with Crippen molar-refractivity contribution in [3.05, 3.63) is 108 Å². The van der Waals surface area contributed by atoms with Crippen LogP contribution in [0.15, 0.2) is 97.1 Å². The Balaban J connectivity index is 1.31. The van der Waals surface area contributed by atoms with Crippen LogP contribution in [0.5, 0.6) is 0 Å². The van der Waals surface area contributed by atoms with Crippen LogP contribution >= 0.6 is 0 Å². The molecular weight excluding hydrogens is 588 g/mol. The summed E-state index contributed by atoms with van der Waals surface area (Å²) >= 11 is 0. The Hall–Kier alpha value is -4.12. The van der Waals surface area contributed by atoms with Crippen LogP contribution in [0.3, 0.4) is 0 Å². The summed E-state index contributed by atoms with van der Waals surface area (Å²) in [6, 6.07) is 34.1.